The van der Waals surface area contributed by atoms with Gasteiger partial charge < -0.3 is 10.6 Å². The molecule has 6 nitrogen and oxygen atoms in total. The molecule has 0 fully saturated rings. The van der Waals surface area contributed by atoms with Gasteiger partial charge in [-0.15, -0.1) is 0 Å². The average Bonchev–Trinajstić information content (AvgIpc) is 2.68. The Morgan fingerprint density at radius 1 is 0.967 bits per heavy atom. The highest BCUT2D eigenvalue weighted by Gasteiger charge is 2.09. The van der Waals surface area contributed by atoms with Gasteiger partial charge in [0.25, 0.3) is 0 Å². The maximum Gasteiger partial charge on any atom is 0.229 e. The fourth-order valence-corrected chi connectivity index (χ4v) is 3.27. The molecule has 0 aliphatic rings. The standard InChI is InChI=1S/C21H20Cl2N6S/c1-13-10-14(2)26-20(25-13)28-19(24-12-15-6-4-3-5-7-15)29-21(30)27-18-9-8-16(22)11-17(18)23/h3-11H,12H2,1-2H3,(H3,24,25,26,27,28,29,30). The zero-order valence-corrected chi connectivity index (χ0v) is 18.7. The molecular formula is C21H20Cl2N6S. The molecule has 154 valence electrons. The van der Waals surface area contributed by atoms with Crippen LogP contribution in [0, 0.1) is 13.8 Å². The number of anilines is 2. The number of hydrogen-bond acceptors (Lipinski definition) is 4. The van der Waals surface area contributed by atoms with Crippen LogP contribution in [0.4, 0.5) is 11.6 Å². The van der Waals surface area contributed by atoms with Gasteiger partial charge in [0.15, 0.2) is 5.11 Å². The quantitative estimate of drug-likeness (QED) is 0.277. The van der Waals surface area contributed by atoms with E-state index in [1.54, 1.807) is 18.2 Å². The van der Waals surface area contributed by atoms with E-state index in [0.717, 1.165) is 17.0 Å². The number of thiocarbonyl (C=S) groups is 1. The van der Waals surface area contributed by atoms with E-state index in [9.17, 15) is 0 Å². The third-order valence-electron chi connectivity index (χ3n) is 3.89. The van der Waals surface area contributed by atoms with Crippen LogP contribution in [0.1, 0.15) is 17.0 Å². The summed E-state index contributed by atoms with van der Waals surface area (Å²) in [7, 11) is 0. The van der Waals surface area contributed by atoms with Crippen molar-refractivity contribution in [2.45, 2.75) is 20.4 Å². The van der Waals surface area contributed by atoms with Gasteiger partial charge in [-0.3, -0.25) is 5.32 Å². The zero-order valence-electron chi connectivity index (χ0n) is 16.4. The molecule has 30 heavy (non-hydrogen) atoms. The smallest absolute Gasteiger partial charge is 0.229 e. The van der Waals surface area contributed by atoms with Gasteiger partial charge in [0.2, 0.25) is 11.9 Å². The molecule has 0 saturated carbocycles. The minimum atomic E-state index is 0.308. The van der Waals surface area contributed by atoms with Crippen LogP contribution in [0.2, 0.25) is 10.0 Å². The molecule has 1 heterocycles. The lowest BCUT2D eigenvalue weighted by Gasteiger charge is -2.15. The van der Waals surface area contributed by atoms with E-state index in [4.69, 9.17) is 35.4 Å². The second kappa shape index (κ2) is 10.3. The summed E-state index contributed by atoms with van der Waals surface area (Å²) in [6, 6.07) is 16.9. The van der Waals surface area contributed by atoms with E-state index < -0.39 is 0 Å². The highest BCUT2D eigenvalue weighted by molar-refractivity contribution is 7.80. The van der Waals surface area contributed by atoms with Gasteiger partial charge in [0, 0.05) is 16.4 Å². The monoisotopic (exact) mass is 458 g/mol. The number of benzene rings is 2. The summed E-state index contributed by atoms with van der Waals surface area (Å²) in [5.41, 5.74) is 3.38. The van der Waals surface area contributed by atoms with Crippen molar-refractivity contribution in [3.8, 4) is 0 Å². The number of aliphatic imine (C=N–C) groups is 1. The summed E-state index contributed by atoms with van der Waals surface area (Å²) in [5, 5.41) is 10.5. The fourth-order valence-electron chi connectivity index (χ4n) is 2.60. The van der Waals surface area contributed by atoms with Crippen LogP contribution in [0.3, 0.4) is 0 Å². The maximum absolute atomic E-state index is 6.22. The number of guanidine groups is 1. The van der Waals surface area contributed by atoms with Gasteiger partial charge in [0.05, 0.1) is 17.3 Å². The van der Waals surface area contributed by atoms with Gasteiger partial charge in [-0.05, 0) is 55.9 Å². The first-order valence-electron chi connectivity index (χ1n) is 9.10. The van der Waals surface area contributed by atoms with Crippen LogP contribution in [0.5, 0.6) is 0 Å². The van der Waals surface area contributed by atoms with E-state index in [1.165, 1.54) is 0 Å². The second-order valence-electron chi connectivity index (χ2n) is 6.45. The van der Waals surface area contributed by atoms with E-state index in [0.29, 0.717) is 39.3 Å². The van der Waals surface area contributed by atoms with Gasteiger partial charge >= 0.3 is 0 Å². The van der Waals surface area contributed by atoms with Gasteiger partial charge in [-0.25, -0.2) is 15.0 Å². The van der Waals surface area contributed by atoms with Crippen LogP contribution in [0.15, 0.2) is 59.6 Å². The molecule has 9 heteroatoms. The number of halogens is 2. The topological polar surface area (TPSA) is 74.2 Å². The Kier molecular flexibility index (Phi) is 7.57. The van der Waals surface area contributed by atoms with E-state index >= 15 is 0 Å². The summed E-state index contributed by atoms with van der Waals surface area (Å²) in [6.07, 6.45) is 0. The predicted octanol–water partition coefficient (Wildman–Crippen LogP) is 5.35. The molecule has 1 aromatic heterocycles. The van der Waals surface area contributed by atoms with E-state index in [1.807, 2.05) is 50.2 Å². The van der Waals surface area contributed by atoms with Gasteiger partial charge in [-0.1, -0.05) is 53.5 Å². The summed E-state index contributed by atoms with van der Waals surface area (Å²) >= 11 is 17.6. The summed E-state index contributed by atoms with van der Waals surface area (Å²) in [5.74, 6) is 0.838. The van der Waals surface area contributed by atoms with E-state index in [2.05, 4.69) is 30.9 Å². The molecule has 3 aromatic rings. The Bertz CT molecular complexity index is 1050. The lowest BCUT2D eigenvalue weighted by atomic mass is 10.2. The molecule has 0 aliphatic carbocycles. The first-order chi connectivity index (χ1) is 14.4. The Morgan fingerprint density at radius 2 is 1.67 bits per heavy atom. The molecule has 3 rings (SSSR count). The molecule has 0 bridgehead atoms. The largest absolute Gasteiger partial charge is 0.331 e. The van der Waals surface area contributed by atoms with Crippen molar-refractivity contribution in [1.82, 2.24) is 15.3 Å². The highest BCUT2D eigenvalue weighted by Crippen LogP contribution is 2.25. The number of hydrogen-bond donors (Lipinski definition) is 3. The van der Waals surface area contributed by atoms with Gasteiger partial charge in [-0.2, -0.15) is 0 Å². The van der Waals surface area contributed by atoms with Crippen LogP contribution in [0.25, 0.3) is 0 Å². The number of aryl methyl sites for hydroxylation is 2. The van der Waals surface area contributed by atoms with Crippen molar-refractivity contribution < 1.29 is 0 Å². The average molecular weight is 459 g/mol. The molecule has 0 amide bonds. The van der Waals surface area contributed by atoms with Crippen LogP contribution in [-0.4, -0.2) is 21.0 Å². The zero-order chi connectivity index (χ0) is 21.5. The second-order valence-corrected chi connectivity index (χ2v) is 7.70. The minimum Gasteiger partial charge on any atom is -0.331 e. The van der Waals surface area contributed by atoms with Gasteiger partial charge in [0.1, 0.15) is 0 Å². The number of aromatic nitrogens is 2. The first kappa shape index (κ1) is 22.0. The molecule has 0 radical (unpaired) electrons. The molecule has 0 unspecified atom stereocenters. The molecule has 2 aromatic carbocycles. The van der Waals surface area contributed by atoms with Crippen LogP contribution in [-0.2, 0) is 6.54 Å². The Morgan fingerprint density at radius 3 is 2.33 bits per heavy atom. The molecule has 0 spiro atoms. The highest BCUT2D eigenvalue weighted by atomic mass is 35.5. The molecule has 0 saturated heterocycles. The first-order valence-corrected chi connectivity index (χ1v) is 10.3. The maximum atomic E-state index is 6.22. The third kappa shape index (κ3) is 6.66. The summed E-state index contributed by atoms with van der Waals surface area (Å²) in [4.78, 5) is 13.4. The normalized spacial score (nSPS) is 11.1. The lowest BCUT2D eigenvalue weighted by molar-refractivity contribution is 1.03. The fraction of sp³-hybridized carbons (Fsp3) is 0.143. The van der Waals surface area contributed by atoms with Crippen molar-refractivity contribution in [3.05, 3.63) is 81.6 Å². The summed E-state index contributed by atoms with van der Waals surface area (Å²) in [6.45, 7) is 4.26. The number of rotatable bonds is 4. The van der Waals surface area contributed by atoms with Crippen molar-refractivity contribution >= 4 is 58.1 Å². The lowest BCUT2D eigenvalue weighted by Crippen LogP contribution is -2.39. The van der Waals surface area contributed by atoms with Crippen LogP contribution < -0.4 is 16.0 Å². The minimum absolute atomic E-state index is 0.308. The Balaban J connectivity index is 1.78. The van der Waals surface area contributed by atoms with Crippen molar-refractivity contribution in [2.75, 3.05) is 10.6 Å². The third-order valence-corrected chi connectivity index (χ3v) is 4.64. The number of nitrogens with zero attached hydrogens (tertiary/aromatic N) is 3. The molecule has 0 aliphatic heterocycles. The molecule has 0 atom stereocenters. The van der Waals surface area contributed by atoms with Crippen LogP contribution >= 0.6 is 35.4 Å². The van der Waals surface area contributed by atoms with Crippen molar-refractivity contribution in [3.63, 3.8) is 0 Å². The summed E-state index contributed by atoms with van der Waals surface area (Å²) < 4.78 is 0. The number of nitrogens with one attached hydrogen (secondary N) is 3. The Labute approximate surface area is 190 Å². The predicted molar refractivity (Wildman–Crippen MR) is 129 cm³/mol. The van der Waals surface area contributed by atoms with Crippen molar-refractivity contribution in [1.29, 1.82) is 0 Å². The molecule has 3 N–H and O–H groups in total. The SMILES string of the molecule is Cc1cc(C)nc(NC(=NCc2ccccc2)NC(=S)Nc2ccc(Cl)cc2Cl)n1. The molecular weight excluding hydrogens is 439 g/mol. The van der Waals surface area contributed by atoms with Crippen molar-refractivity contribution in [2.24, 2.45) is 4.99 Å². The Hall–Kier alpha value is -2.74. The van der Waals surface area contributed by atoms with E-state index in [-0.39, 0.29) is 0 Å².